The Balaban J connectivity index is 1.84. The van der Waals surface area contributed by atoms with Gasteiger partial charge in [0, 0.05) is 24.7 Å². The molecule has 0 saturated carbocycles. The highest BCUT2D eigenvalue weighted by molar-refractivity contribution is 7.88. The fraction of sp³-hybridized carbons (Fsp3) is 0.571. The molecule has 1 aliphatic rings. The topological polar surface area (TPSA) is 83.6 Å². The zero-order valence-corrected chi connectivity index (χ0v) is 15.3. The lowest BCUT2D eigenvalue weighted by molar-refractivity contribution is 0.275. The molecule has 1 heterocycles. The lowest BCUT2D eigenvalue weighted by Crippen LogP contribution is -2.41. The second-order valence-corrected chi connectivity index (χ2v) is 10.1. The first kappa shape index (κ1) is 18.7. The molecule has 1 aromatic carbocycles. The molecular formula is C14H21ClN2O4S2. The van der Waals surface area contributed by atoms with E-state index in [4.69, 9.17) is 11.6 Å². The first-order valence-electron chi connectivity index (χ1n) is 7.32. The number of rotatable bonds is 6. The van der Waals surface area contributed by atoms with Crippen molar-refractivity contribution in [2.75, 3.05) is 25.9 Å². The molecule has 0 atom stereocenters. The van der Waals surface area contributed by atoms with Crippen LogP contribution in [-0.4, -0.2) is 47.0 Å². The van der Waals surface area contributed by atoms with Crippen molar-refractivity contribution in [1.82, 2.24) is 9.03 Å². The largest absolute Gasteiger partial charge is 0.215 e. The van der Waals surface area contributed by atoms with Gasteiger partial charge in [-0.3, -0.25) is 0 Å². The van der Waals surface area contributed by atoms with Gasteiger partial charge < -0.3 is 0 Å². The molecule has 2 rings (SSSR count). The lowest BCUT2D eigenvalue weighted by atomic mass is 9.99. The number of sulfonamides is 2. The number of hydrogen-bond donors (Lipinski definition) is 1. The van der Waals surface area contributed by atoms with E-state index in [0.29, 0.717) is 43.1 Å². The highest BCUT2D eigenvalue weighted by Crippen LogP contribution is 2.19. The van der Waals surface area contributed by atoms with Gasteiger partial charge in [0.1, 0.15) is 0 Å². The Morgan fingerprint density at radius 3 is 2.43 bits per heavy atom. The lowest BCUT2D eigenvalue weighted by Gasteiger charge is -2.30. The van der Waals surface area contributed by atoms with Crippen LogP contribution >= 0.6 is 11.6 Å². The van der Waals surface area contributed by atoms with Gasteiger partial charge in [0.15, 0.2) is 0 Å². The summed E-state index contributed by atoms with van der Waals surface area (Å²) in [4.78, 5) is 0. The predicted octanol–water partition coefficient (Wildman–Crippen LogP) is 1.43. The summed E-state index contributed by atoms with van der Waals surface area (Å²) in [6, 6.07) is 6.76. The molecule has 0 amide bonds. The van der Waals surface area contributed by atoms with Crippen molar-refractivity contribution < 1.29 is 16.8 Å². The Bertz CT molecular complexity index is 742. The maximum atomic E-state index is 12.1. The summed E-state index contributed by atoms with van der Waals surface area (Å²) in [5, 5.41) is 0.505. The SMILES string of the molecule is CS(=O)(=O)N1CCC(CNS(=O)(=O)Cc2cccc(Cl)c2)CC1. The Kier molecular flexibility index (Phi) is 6.07. The molecule has 1 fully saturated rings. The van der Waals surface area contributed by atoms with Crippen LogP contribution in [0.2, 0.25) is 5.02 Å². The Hall–Kier alpha value is -0.670. The zero-order chi connectivity index (χ0) is 17.1. The number of nitrogens with zero attached hydrogens (tertiary/aromatic N) is 1. The van der Waals surface area contributed by atoms with Crippen LogP contribution in [0.1, 0.15) is 18.4 Å². The molecule has 0 aromatic heterocycles. The molecule has 1 aliphatic heterocycles. The van der Waals surface area contributed by atoms with Crippen molar-refractivity contribution in [3.05, 3.63) is 34.9 Å². The van der Waals surface area contributed by atoms with E-state index in [1.54, 1.807) is 24.3 Å². The average Bonchev–Trinajstić information content (AvgIpc) is 2.44. The summed E-state index contributed by atoms with van der Waals surface area (Å²) >= 11 is 5.85. The third-order valence-electron chi connectivity index (χ3n) is 3.88. The molecule has 23 heavy (non-hydrogen) atoms. The molecule has 1 aromatic rings. The molecule has 0 spiro atoms. The second kappa shape index (κ2) is 7.48. The van der Waals surface area contributed by atoms with Crippen LogP contribution in [-0.2, 0) is 25.8 Å². The van der Waals surface area contributed by atoms with E-state index in [1.807, 2.05) is 0 Å². The van der Waals surface area contributed by atoms with E-state index in [2.05, 4.69) is 4.72 Å². The predicted molar refractivity (Wildman–Crippen MR) is 91.2 cm³/mol. The number of nitrogens with one attached hydrogen (secondary N) is 1. The van der Waals surface area contributed by atoms with Gasteiger partial charge in [-0.05, 0) is 36.5 Å². The summed E-state index contributed by atoms with van der Waals surface area (Å²) in [7, 11) is -6.59. The van der Waals surface area contributed by atoms with E-state index < -0.39 is 20.0 Å². The molecule has 0 unspecified atom stereocenters. The number of hydrogen-bond acceptors (Lipinski definition) is 4. The van der Waals surface area contributed by atoms with Gasteiger partial charge in [0.05, 0.1) is 12.0 Å². The number of piperidine rings is 1. The van der Waals surface area contributed by atoms with Crippen LogP contribution < -0.4 is 4.72 Å². The average molecular weight is 381 g/mol. The second-order valence-electron chi connectivity index (χ2n) is 5.84. The normalized spacial score (nSPS) is 18.2. The smallest absolute Gasteiger partial charge is 0.215 e. The van der Waals surface area contributed by atoms with Gasteiger partial charge in [-0.15, -0.1) is 0 Å². The molecule has 6 nitrogen and oxygen atoms in total. The third-order valence-corrected chi connectivity index (χ3v) is 6.74. The van der Waals surface area contributed by atoms with Crippen molar-refractivity contribution in [3.63, 3.8) is 0 Å². The van der Waals surface area contributed by atoms with E-state index >= 15 is 0 Å². The van der Waals surface area contributed by atoms with E-state index in [9.17, 15) is 16.8 Å². The van der Waals surface area contributed by atoms with Gasteiger partial charge >= 0.3 is 0 Å². The Morgan fingerprint density at radius 1 is 1.22 bits per heavy atom. The fourth-order valence-electron chi connectivity index (χ4n) is 2.59. The first-order chi connectivity index (χ1) is 10.7. The van der Waals surface area contributed by atoms with Crippen molar-refractivity contribution in [2.45, 2.75) is 18.6 Å². The Labute approximate surface area is 142 Å². The van der Waals surface area contributed by atoms with Crippen molar-refractivity contribution in [2.24, 2.45) is 5.92 Å². The van der Waals surface area contributed by atoms with Crippen LogP contribution in [0.4, 0.5) is 0 Å². The maximum Gasteiger partial charge on any atom is 0.215 e. The van der Waals surface area contributed by atoms with Crippen molar-refractivity contribution >= 4 is 31.6 Å². The van der Waals surface area contributed by atoms with Gasteiger partial charge in [0.2, 0.25) is 20.0 Å². The van der Waals surface area contributed by atoms with Gasteiger partial charge in [-0.25, -0.2) is 25.9 Å². The minimum absolute atomic E-state index is 0.115. The number of halogens is 1. The minimum atomic E-state index is -3.43. The van der Waals surface area contributed by atoms with Gasteiger partial charge in [-0.1, -0.05) is 23.7 Å². The molecule has 1 saturated heterocycles. The third kappa shape index (κ3) is 6.04. The summed E-state index contributed by atoms with van der Waals surface area (Å²) in [6.07, 6.45) is 2.51. The summed E-state index contributed by atoms with van der Waals surface area (Å²) in [5.74, 6) is 0.0394. The monoisotopic (exact) mass is 380 g/mol. The van der Waals surface area contributed by atoms with Crippen LogP contribution in [0.3, 0.4) is 0 Å². The Morgan fingerprint density at radius 2 is 1.87 bits per heavy atom. The van der Waals surface area contributed by atoms with Gasteiger partial charge in [0.25, 0.3) is 0 Å². The maximum absolute atomic E-state index is 12.1. The van der Waals surface area contributed by atoms with Crippen molar-refractivity contribution in [3.8, 4) is 0 Å². The molecule has 9 heteroatoms. The van der Waals surface area contributed by atoms with E-state index in [1.165, 1.54) is 10.6 Å². The molecule has 0 bridgehead atoms. The van der Waals surface area contributed by atoms with E-state index in [0.717, 1.165) is 0 Å². The van der Waals surface area contributed by atoms with Crippen LogP contribution in [0.25, 0.3) is 0 Å². The molecule has 0 radical (unpaired) electrons. The van der Waals surface area contributed by atoms with Crippen LogP contribution in [0.15, 0.2) is 24.3 Å². The van der Waals surface area contributed by atoms with E-state index in [-0.39, 0.29) is 11.7 Å². The molecular weight excluding hydrogens is 360 g/mol. The minimum Gasteiger partial charge on any atom is -0.215 e. The molecule has 0 aliphatic carbocycles. The highest BCUT2D eigenvalue weighted by Gasteiger charge is 2.25. The summed E-state index contributed by atoms with van der Waals surface area (Å²) in [5.41, 5.74) is 0.636. The van der Waals surface area contributed by atoms with Gasteiger partial charge in [-0.2, -0.15) is 0 Å². The highest BCUT2D eigenvalue weighted by atomic mass is 35.5. The van der Waals surface area contributed by atoms with Crippen molar-refractivity contribution in [1.29, 1.82) is 0 Å². The first-order valence-corrected chi connectivity index (χ1v) is 11.2. The quantitative estimate of drug-likeness (QED) is 0.809. The zero-order valence-electron chi connectivity index (χ0n) is 12.9. The molecule has 1 N–H and O–H groups in total. The van der Waals surface area contributed by atoms with Crippen LogP contribution in [0, 0.1) is 5.92 Å². The van der Waals surface area contributed by atoms with Crippen LogP contribution in [0.5, 0.6) is 0 Å². The summed E-state index contributed by atoms with van der Waals surface area (Å²) in [6.45, 7) is 1.22. The molecule has 130 valence electrons. The number of benzene rings is 1. The fourth-order valence-corrected chi connectivity index (χ4v) is 4.88. The standard InChI is InChI=1S/C14H21ClN2O4S2/c1-22(18,19)17-7-5-12(6-8-17)10-16-23(20,21)11-13-3-2-4-14(15)9-13/h2-4,9,12,16H,5-8,10-11H2,1H3. The summed E-state index contributed by atoms with van der Waals surface area (Å²) < 4.78 is 51.2.